The first-order valence-electron chi connectivity index (χ1n) is 18.8. The van der Waals surface area contributed by atoms with Gasteiger partial charge in [0.25, 0.3) is 0 Å². The fourth-order valence-electron chi connectivity index (χ4n) is 6.92. The Morgan fingerprint density at radius 3 is 1.58 bits per heavy atom. The molecule has 5 aromatic carbocycles. The molecule has 0 saturated carbocycles. The fraction of sp³-hybridized carbons (Fsp3) is 0.146. The highest BCUT2D eigenvalue weighted by Gasteiger charge is 2.54. The normalized spacial score (nSPS) is 18.8. The Morgan fingerprint density at radius 1 is 0.522 bits per heavy atom. The van der Waals surface area contributed by atoms with Gasteiger partial charge in [0.1, 0.15) is 23.8 Å². The highest BCUT2D eigenvalue weighted by molar-refractivity contribution is 6.08. The van der Waals surface area contributed by atoms with Gasteiger partial charge >= 0.3 is 29.8 Å². The summed E-state index contributed by atoms with van der Waals surface area (Å²) in [7, 11) is 0. The summed E-state index contributed by atoms with van der Waals surface area (Å²) in [6.45, 7) is -1.27. The van der Waals surface area contributed by atoms with Crippen molar-refractivity contribution >= 4 is 29.8 Å². The van der Waals surface area contributed by atoms with Crippen LogP contribution in [0.3, 0.4) is 0 Å². The summed E-state index contributed by atoms with van der Waals surface area (Å²) >= 11 is 0. The van der Waals surface area contributed by atoms with Crippen LogP contribution in [0.2, 0.25) is 0 Å². The smallest absolute Gasteiger partial charge is 0.342 e. The zero-order valence-electron chi connectivity index (χ0n) is 33.7. The molecule has 0 spiro atoms. The number of aromatic carboxylic acids is 1. The second-order valence-electron chi connectivity index (χ2n) is 14.5. The van der Waals surface area contributed by atoms with Crippen LogP contribution in [-0.4, -0.2) is 154 Å². The molecule has 5 atom stereocenters. The standard InChI is InChI=1S/C41H30O28/c42-13-1-8(36(57)58)2-18(23(13)48)65-32-12(6-17(46)27(52)31(32)56)40(62)69-35-34(68-39(61)11-5-16(45)26(51)30(55)22(11)47)33-19(66-41(35)63)7-64-37(59)9-3-14(43)24(49)28(53)20(9)21-10(38(60)67-33)4-15(44)25(50)29(21)54/h1-6,19,33-35,41-56,63H,7H2,(H,57,58)/t19-,33-,34+,35-,41-/m1/s1. The lowest BCUT2D eigenvalue weighted by Gasteiger charge is -2.42. The van der Waals surface area contributed by atoms with E-state index in [1.165, 1.54) is 0 Å². The van der Waals surface area contributed by atoms with Crippen LogP contribution in [0.15, 0.2) is 36.4 Å². The van der Waals surface area contributed by atoms with Crippen LogP contribution < -0.4 is 4.74 Å². The Kier molecular flexibility index (Phi) is 11.7. The lowest BCUT2D eigenvalue weighted by atomic mass is 9.92. The number of carbonyl (C=O) groups excluding carboxylic acids is 4. The Bertz CT molecular complexity index is 3050. The number of rotatable bonds is 7. The van der Waals surface area contributed by atoms with Gasteiger partial charge in [0, 0.05) is 23.3 Å². The number of aromatic hydroxyl groups is 15. The van der Waals surface area contributed by atoms with E-state index < -0.39 is 204 Å². The van der Waals surface area contributed by atoms with Crippen molar-refractivity contribution in [3.63, 3.8) is 0 Å². The van der Waals surface area contributed by atoms with Gasteiger partial charge in [-0.15, -0.1) is 0 Å². The Hall–Kier alpha value is -9.83. The zero-order valence-corrected chi connectivity index (χ0v) is 33.7. The number of carboxylic acid groups (broad SMARTS) is 1. The number of aliphatic hydroxyl groups excluding tert-OH is 1. The third-order valence-electron chi connectivity index (χ3n) is 10.3. The maximum Gasteiger partial charge on any atom is 0.342 e. The summed E-state index contributed by atoms with van der Waals surface area (Å²) in [6.07, 6.45) is -12.7. The van der Waals surface area contributed by atoms with Crippen molar-refractivity contribution in [2.24, 2.45) is 0 Å². The van der Waals surface area contributed by atoms with Crippen molar-refractivity contribution in [1.82, 2.24) is 0 Å². The minimum absolute atomic E-state index is 0.311. The Balaban J connectivity index is 1.39. The number of benzene rings is 5. The number of hydrogen-bond donors (Lipinski definition) is 17. The monoisotopic (exact) mass is 970 g/mol. The number of aliphatic hydroxyl groups is 1. The quantitative estimate of drug-likeness (QED) is 0.0473. The molecule has 1 saturated heterocycles. The molecule has 0 amide bonds. The molecule has 17 N–H and O–H groups in total. The van der Waals surface area contributed by atoms with Crippen LogP contribution in [0.4, 0.5) is 0 Å². The van der Waals surface area contributed by atoms with Crippen molar-refractivity contribution in [2.75, 3.05) is 6.61 Å². The number of phenols is 15. The van der Waals surface area contributed by atoms with E-state index in [1.54, 1.807) is 0 Å². The molecule has 0 radical (unpaired) electrons. The predicted octanol–water partition coefficient (Wildman–Crippen LogP) is 1.29. The summed E-state index contributed by atoms with van der Waals surface area (Å²) in [5.41, 5.74) is -7.54. The molecule has 2 aliphatic heterocycles. The van der Waals surface area contributed by atoms with Gasteiger partial charge in [-0.2, -0.15) is 0 Å². The molecular formula is C41H30O28. The van der Waals surface area contributed by atoms with Gasteiger partial charge in [-0.1, -0.05) is 0 Å². The molecule has 2 aliphatic rings. The molecule has 1 fully saturated rings. The predicted molar refractivity (Wildman–Crippen MR) is 212 cm³/mol. The van der Waals surface area contributed by atoms with Crippen LogP contribution in [0.1, 0.15) is 51.8 Å². The first-order chi connectivity index (χ1) is 32.3. The third kappa shape index (κ3) is 8.03. The number of phenolic OH excluding ortho intramolecular Hbond substituents is 15. The first-order valence-corrected chi connectivity index (χ1v) is 18.8. The van der Waals surface area contributed by atoms with Gasteiger partial charge in [0.15, 0.2) is 82.1 Å². The number of ether oxygens (including phenoxy) is 6. The minimum Gasteiger partial charge on any atom is -0.504 e. The number of carbonyl (C=O) groups is 5. The van der Waals surface area contributed by atoms with Crippen molar-refractivity contribution in [3.05, 3.63) is 64.2 Å². The Morgan fingerprint density at radius 2 is 1.00 bits per heavy atom. The van der Waals surface area contributed by atoms with E-state index in [0.29, 0.717) is 36.4 Å². The summed E-state index contributed by atoms with van der Waals surface area (Å²) in [5, 5.41) is 177. The van der Waals surface area contributed by atoms with Crippen LogP contribution in [0.25, 0.3) is 11.1 Å². The molecule has 7 rings (SSSR count). The van der Waals surface area contributed by atoms with Crippen molar-refractivity contribution < 1.29 is 139 Å². The summed E-state index contributed by atoms with van der Waals surface area (Å²) in [5.74, 6) is -32.0. The lowest BCUT2D eigenvalue weighted by Crippen LogP contribution is -2.62. The second kappa shape index (κ2) is 17.2. The highest BCUT2D eigenvalue weighted by atomic mass is 16.7. The van der Waals surface area contributed by atoms with Crippen LogP contribution in [-0.2, 0) is 23.7 Å². The molecule has 0 aromatic heterocycles. The Labute approximate surface area is 379 Å². The summed E-state index contributed by atoms with van der Waals surface area (Å²) in [6, 6.07) is 2.54. The zero-order chi connectivity index (χ0) is 50.8. The molecule has 362 valence electrons. The molecule has 0 aliphatic carbocycles. The maximum atomic E-state index is 14.3. The van der Waals surface area contributed by atoms with Gasteiger partial charge < -0.3 is 115 Å². The average Bonchev–Trinajstić information content (AvgIpc) is 3.31. The maximum absolute atomic E-state index is 14.3. The highest BCUT2D eigenvalue weighted by Crippen LogP contribution is 2.54. The van der Waals surface area contributed by atoms with Crippen molar-refractivity contribution in [3.8, 4) is 109 Å². The molecule has 28 heteroatoms. The summed E-state index contributed by atoms with van der Waals surface area (Å²) in [4.78, 5) is 67.6. The van der Waals surface area contributed by atoms with Gasteiger partial charge in [-0.25, -0.2) is 24.0 Å². The third-order valence-corrected chi connectivity index (χ3v) is 10.3. The SMILES string of the molecule is O=C(O)c1cc(O)c(O)c(Oc2c(C(=O)O[C@@H]3[C@@H](OC(=O)c4cc(O)c(O)c(O)c4O)[C@@H]4OC(=O)c5cc(O)c(O)c(O)c5-c5c(cc(O)c(O)c5O)C(=O)OC[C@H]4O[C@H]3O)cc(O)c(O)c2O)c1. The average molecular weight is 971 g/mol. The minimum atomic E-state index is -2.71. The van der Waals surface area contributed by atoms with Crippen LogP contribution in [0.5, 0.6) is 97.7 Å². The number of hydrogen-bond acceptors (Lipinski definition) is 27. The van der Waals surface area contributed by atoms with Gasteiger partial charge in [0.2, 0.25) is 40.2 Å². The van der Waals surface area contributed by atoms with E-state index in [0.717, 1.165) is 0 Å². The number of cyclic esters (lactones) is 1. The first kappa shape index (κ1) is 47.1. The molecule has 2 heterocycles. The van der Waals surface area contributed by atoms with Gasteiger partial charge in [-0.05, 0) is 24.3 Å². The fourth-order valence-corrected chi connectivity index (χ4v) is 6.92. The van der Waals surface area contributed by atoms with E-state index >= 15 is 0 Å². The van der Waals surface area contributed by atoms with E-state index in [4.69, 9.17) is 28.4 Å². The molecule has 0 bridgehead atoms. The summed E-state index contributed by atoms with van der Waals surface area (Å²) < 4.78 is 32.4. The molecule has 69 heavy (non-hydrogen) atoms. The van der Waals surface area contributed by atoms with Crippen LogP contribution in [0, 0.1) is 0 Å². The number of esters is 4. The topological polar surface area (TPSA) is 485 Å². The van der Waals surface area contributed by atoms with E-state index in [-0.39, 0.29) is 0 Å². The van der Waals surface area contributed by atoms with E-state index in [1.807, 2.05) is 0 Å². The van der Waals surface area contributed by atoms with E-state index in [9.17, 15) is 111 Å². The van der Waals surface area contributed by atoms with Crippen LogP contribution >= 0.6 is 0 Å². The number of fused-ring (bicyclic) bond motifs is 4. The largest absolute Gasteiger partial charge is 0.504 e. The van der Waals surface area contributed by atoms with Gasteiger partial charge in [-0.3, -0.25) is 0 Å². The molecule has 28 nitrogen and oxygen atoms in total. The second-order valence-corrected chi connectivity index (χ2v) is 14.5. The number of carboxylic acids is 1. The molecular weight excluding hydrogens is 940 g/mol. The molecule has 5 aromatic rings. The van der Waals surface area contributed by atoms with E-state index in [2.05, 4.69) is 0 Å². The molecule has 0 unspecified atom stereocenters. The van der Waals surface area contributed by atoms with Crippen molar-refractivity contribution in [2.45, 2.75) is 30.7 Å². The van der Waals surface area contributed by atoms with Gasteiger partial charge in [0.05, 0.1) is 16.7 Å². The lowest BCUT2D eigenvalue weighted by molar-refractivity contribution is -0.284. The van der Waals surface area contributed by atoms with Crippen molar-refractivity contribution in [1.29, 1.82) is 0 Å².